The number of fused-ring (bicyclic) bond motifs is 5. The standard InChI is InChI=1S/C32H27NO3S/c1-2-18-36-32(34)33(35)25-8-5-7-23(20-25)30-16-17-31(37-30)24-12-13-27-22(19-24)11-15-28-26-9-4-3-6-21(26)10-14-29(27)28/h2-9,11,15-17,19-20,35H,1,10,12-14,18H2. The molecular formula is C32H27NO3S. The number of aryl methyl sites for hydroxylation is 1. The van der Waals surface area contributed by atoms with E-state index in [1.807, 2.05) is 12.1 Å². The Kier molecular flexibility index (Phi) is 6.25. The van der Waals surface area contributed by atoms with Gasteiger partial charge in [0.2, 0.25) is 0 Å². The van der Waals surface area contributed by atoms with Crippen LogP contribution in [-0.2, 0) is 24.0 Å². The average Bonchev–Trinajstić information content (AvgIpc) is 3.45. The van der Waals surface area contributed by atoms with E-state index in [9.17, 15) is 10.0 Å². The van der Waals surface area contributed by atoms with Crippen LogP contribution in [0.25, 0.3) is 33.2 Å². The van der Waals surface area contributed by atoms with Gasteiger partial charge in [-0.05, 0) is 94.5 Å². The fourth-order valence-corrected chi connectivity index (χ4v) is 6.45. The average molecular weight is 506 g/mol. The van der Waals surface area contributed by atoms with E-state index in [4.69, 9.17) is 4.74 Å². The summed E-state index contributed by atoms with van der Waals surface area (Å²) in [5.41, 5.74) is 11.3. The van der Waals surface area contributed by atoms with E-state index in [1.54, 1.807) is 23.5 Å². The highest BCUT2D eigenvalue weighted by atomic mass is 32.1. The first kappa shape index (κ1) is 23.5. The molecule has 4 aromatic rings. The third kappa shape index (κ3) is 4.41. The zero-order valence-corrected chi connectivity index (χ0v) is 21.3. The van der Waals surface area contributed by atoms with Gasteiger partial charge in [0, 0.05) is 9.75 Å². The number of amides is 1. The molecule has 5 heteroatoms. The van der Waals surface area contributed by atoms with Crippen molar-refractivity contribution in [3.63, 3.8) is 0 Å². The summed E-state index contributed by atoms with van der Waals surface area (Å²) in [5.74, 6) is 0. The minimum Gasteiger partial charge on any atom is -0.443 e. The highest BCUT2D eigenvalue weighted by Crippen LogP contribution is 2.42. The summed E-state index contributed by atoms with van der Waals surface area (Å²) in [7, 11) is 0. The van der Waals surface area contributed by atoms with Crippen molar-refractivity contribution in [3.05, 3.63) is 113 Å². The van der Waals surface area contributed by atoms with Gasteiger partial charge in [-0.25, -0.2) is 4.79 Å². The second-order valence-electron chi connectivity index (χ2n) is 9.38. The zero-order valence-electron chi connectivity index (χ0n) is 20.4. The van der Waals surface area contributed by atoms with Crippen LogP contribution in [0.3, 0.4) is 0 Å². The van der Waals surface area contributed by atoms with Gasteiger partial charge in [-0.3, -0.25) is 5.21 Å². The van der Waals surface area contributed by atoms with Gasteiger partial charge >= 0.3 is 6.09 Å². The van der Waals surface area contributed by atoms with Crippen molar-refractivity contribution in [1.29, 1.82) is 0 Å². The van der Waals surface area contributed by atoms with Crippen molar-refractivity contribution < 1.29 is 14.7 Å². The second kappa shape index (κ2) is 9.85. The van der Waals surface area contributed by atoms with Gasteiger partial charge in [-0.2, -0.15) is 5.06 Å². The molecular weight excluding hydrogens is 478 g/mol. The Hall–Kier alpha value is -3.93. The molecule has 1 aromatic heterocycles. The van der Waals surface area contributed by atoms with Crippen LogP contribution in [0.4, 0.5) is 10.5 Å². The molecule has 0 radical (unpaired) electrons. The van der Waals surface area contributed by atoms with Crippen molar-refractivity contribution in [1.82, 2.24) is 0 Å². The van der Waals surface area contributed by atoms with E-state index in [-0.39, 0.29) is 6.61 Å². The molecule has 2 aliphatic rings. The van der Waals surface area contributed by atoms with Crippen molar-refractivity contribution >= 4 is 34.8 Å². The lowest BCUT2D eigenvalue weighted by Gasteiger charge is -2.26. The van der Waals surface area contributed by atoms with Gasteiger partial charge in [0.15, 0.2) is 0 Å². The molecule has 184 valence electrons. The number of allylic oxidation sites excluding steroid dienone is 1. The molecule has 6 rings (SSSR count). The molecule has 2 aliphatic carbocycles. The number of hydrogen-bond donors (Lipinski definition) is 1. The fraction of sp³-hybridized carbons (Fsp3) is 0.156. The molecule has 1 heterocycles. The molecule has 4 nitrogen and oxygen atoms in total. The van der Waals surface area contributed by atoms with E-state index in [0.717, 1.165) is 36.1 Å². The van der Waals surface area contributed by atoms with Crippen LogP contribution in [0.2, 0.25) is 0 Å². The Balaban J connectivity index is 1.26. The Bertz CT molecular complexity index is 1550. The van der Waals surface area contributed by atoms with Crippen molar-refractivity contribution in [2.24, 2.45) is 0 Å². The van der Waals surface area contributed by atoms with Gasteiger partial charge in [0.05, 0.1) is 5.69 Å². The summed E-state index contributed by atoms with van der Waals surface area (Å²) in [4.78, 5) is 14.3. The summed E-state index contributed by atoms with van der Waals surface area (Å²) >= 11 is 1.73. The number of rotatable bonds is 5. The number of thiophene rings is 1. The molecule has 0 spiro atoms. The molecule has 0 aliphatic heterocycles. The van der Waals surface area contributed by atoms with Gasteiger partial charge < -0.3 is 4.74 Å². The number of carbonyl (C=O) groups excluding carboxylic acids is 1. The minimum atomic E-state index is -0.833. The van der Waals surface area contributed by atoms with Crippen LogP contribution >= 0.6 is 11.3 Å². The largest absolute Gasteiger partial charge is 0.443 e. The van der Waals surface area contributed by atoms with Crippen LogP contribution in [0.5, 0.6) is 0 Å². The Morgan fingerprint density at radius 1 is 0.919 bits per heavy atom. The Morgan fingerprint density at radius 3 is 2.65 bits per heavy atom. The Labute approximate surface area is 220 Å². The maximum Gasteiger partial charge on any atom is 0.438 e. The summed E-state index contributed by atoms with van der Waals surface area (Å²) in [6, 6.07) is 24.9. The summed E-state index contributed by atoms with van der Waals surface area (Å²) < 4.78 is 4.93. The molecule has 1 N–H and O–H groups in total. The summed E-state index contributed by atoms with van der Waals surface area (Å²) in [6.45, 7) is 3.56. The molecule has 0 unspecified atom stereocenters. The number of ether oxygens (including phenoxy) is 1. The SMILES string of the molecule is C=CCOC(=O)N(O)c1cccc(-c2ccc(C3=Cc4ccc5c(c4CC3)CCc3ccccc3-5)s2)c1. The van der Waals surface area contributed by atoms with Crippen LogP contribution in [-0.4, -0.2) is 17.9 Å². The molecule has 0 bridgehead atoms. The highest BCUT2D eigenvalue weighted by Gasteiger charge is 2.23. The third-order valence-corrected chi connectivity index (χ3v) is 8.40. The van der Waals surface area contributed by atoms with Crippen LogP contribution in [0, 0.1) is 0 Å². The van der Waals surface area contributed by atoms with Gasteiger partial charge in [0.25, 0.3) is 0 Å². The second-order valence-corrected chi connectivity index (χ2v) is 10.5. The first-order valence-electron chi connectivity index (χ1n) is 12.5. The van der Waals surface area contributed by atoms with E-state index in [1.165, 1.54) is 49.9 Å². The molecule has 0 saturated carbocycles. The van der Waals surface area contributed by atoms with E-state index in [2.05, 4.69) is 61.2 Å². The lowest BCUT2D eigenvalue weighted by molar-refractivity contribution is 0.130. The number of hydroxylamine groups is 1. The van der Waals surface area contributed by atoms with Crippen LogP contribution in [0.1, 0.15) is 33.6 Å². The lowest BCUT2D eigenvalue weighted by Crippen LogP contribution is -2.27. The Morgan fingerprint density at radius 2 is 1.76 bits per heavy atom. The first-order chi connectivity index (χ1) is 18.1. The highest BCUT2D eigenvalue weighted by molar-refractivity contribution is 7.16. The van der Waals surface area contributed by atoms with Gasteiger partial charge in [-0.1, -0.05) is 67.3 Å². The fourth-order valence-electron chi connectivity index (χ4n) is 5.41. The van der Waals surface area contributed by atoms with Crippen molar-refractivity contribution in [2.45, 2.75) is 25.7 Å². The number of carbonyl (C=O) groups is 1. The third-order valence-electron chi connectivity index (χ3n) is 7.19. The van der Waals surface area contributed by atoms with Crippen molar-refractivity contribution in [3.8, 4) is 21.6 Å². The maximum absolute atomic E-state index is 12.0. The van der Waals surface area contributed by atoms with Crippen molar-refractivity contribution in [2.75, 3.05) is 11.7 Å². The summed E-state index contributed by atoms with van der Waals surface area (Å²) in [6.07, 6.45) is 7.28. The monoisotopic (exact) mass is 505 g/mol. The number of nitrogens with zero attached hydrogens (tertiary/aromatic N) is 1. The van der Waals surface area contributed by atoms with Crippen LogP contribution in [0.15, 0.2) is 85.5 Å². The lowest BCUT2D eigenvalue weighted by atomic mass is 9.78. The smallest absolute Gasteiger partial charge is 0.438 e. The molecule has 0 saturated heterocycles. The normalized spacial score (nSPS) is 13.6. The van der Waals surface area contributed by atoms with Crippen LogP contribution < -0.4 is 5.06 Å². The summed E-state index contributed by atoms with van der Waals surface area (Å²) in [5, 5.41) is 10.8. The zero-order chi connectivity index (χ0) is 25.4. The number of anilines is 1. The van der Waals surface area contributed by atoms with Gasteiger partial charge in [-0.15, -0.1) is 11.3 Å². The van der Waals surface area contributed by atoms with E-state index < -0.39 is 6.09 Å². The van der Waals surface area contributed by atoms with E-state index in [0.29, 0.717) is 10.8 Å². The molecule has 0 atom stereocenters. The van der Waals surface area contributed by atoms with E-state index >= 15 is 0 Å². The predicted octanol–water partition coefficient (Wildman–Crippen LogP) is 8.19. The molecule has 37 heavy (non-hydrogen) atoms. The first-order valence-corrected chi connectivity index (χ1v) is 13.3. The predicted molar refractivity (Wildman–Crippen MR) is 151 cm³/mol. The minimum absolute atomic E-state index is 0.0399. The molecule has 3 aromatic carbocycles. The van der Waals surface area contributed by atoms with Gasteiger partial charge in [0.1, 0.15) is 6.61 Å². The number of hydrogen-bond acceptors (Lipinski definition) is 4. The molecule has 0 fully saturated rings. The molecule has 1 amide bonds. The topological polar surface area (TPSA) is 49.8 Å². The quantitative estimate of drug-likeness (QED) is 0.169. The number of benzene rings is 3. The maximum atomic E-state index is 12.0.